The molecule has 0 bridgehead atoms. The van der Waals surface area contributed by atoms with Crippen molar-refractivity contribution >= 4 is 17.3 Å². The maximum absolute atomic E-state index is 13.9. The molecule has 1 fully saturated rings. The lowest BCUT2D eigenvalue weighted by Crippen LogP contribution is -2.48. The largest absolute Gasteiger partial charge is 0.494 e. The molecule has 0 spiro atoms. The van der Waals surface area contributed by atoms with Crippen molar-refractivity contribution in [2.45, 2.75) is 6.54 Å². The Morgan fingerprint density at radius 2 is 1.91 bits per heavy atom. The SMILES string of the molecule is COCCNc1ccc(C(=O)N2CCN(Cc3ccc(OC)c(F)c3)CC2)cc1[N+](=O)[O-]. The van der Waals surface area contributed by atoms with E-state index in [1.807, 2.05) is 6.07 Å². The minimum atomic E-state index is -0.502. The molecule has 32 heavy (non-hydrogen) atoms. The Bertz CT molecular complexity index is 963. The summed E-state index contributed by atoms with van der Waals surface area (Å²) in [6, 6.07) is 9.33. The lowest BCUT2D eigenvalue weighted by Gasteiger charge is -2.34. The van der Waals surface area contributed by atoms with Crippen molar-refractivity contribution in [2.24, 2.45) is 0 Å². The molecular weight excluding hydrogens is 419 g/mol. The topological polar surface area (TPSA) is 97.2 Å². The van der Waals surface area contributed by atoms with E-state index in [0.717, 1.165) is 5.56 Å². The van der Waals surface area contributed by atoms with Crippen LogP contribution in [0.1, 0.15) is 15.9 Å². The van der Waals surface area contributed by atoms with Crippen molar-refractivity contribution in [2.75, 3.05) is 58.9 Å². The zero-order valence-corrected chi connectivity index (χ0v) is 18.2. The molecule has 1 heterocycles. The van der Waals surface area contributed by atoms with Gasteiger partial charge in [0.25, 0.3) is 11.6 Å². The van der Waals surface area contributed by atoms with Gasteiger partial charge >= 0.3 is 0 Å². The number of nitro groups is 1. The molecule has 1 aliphatic rings. The van der Waals surface area contributed by atoms with E-state index in [1.165, 1.54) is 19.2 Å². The van der Waals surface area contributed by atoms with Gasteiger partial charge < -0.3 is 19.7 Å². The number of piperazine rings is 1. The van der Waals surface area contributed by atoms with E-state index < -0.39 is 10.7 Å². The van der Waals surface area contributed by atoms with Crippen molar-refractivity contribution in [3.63, 3.8) is 0 Å². The molecule has 2 aromatic carbocycles. The van der Waals surface area contributed by atoms with Crippen LogP contribution in [0.4, 0.5) is 15.8 Å². The number of hydrogen-bond acceptors (Lipinski definition) is 7. The Hall–Kier alpha value is -3.24. The first-order valence-electron chi connectivity index (χ1n) is 10.3. The number of nitrogens with one attached hydrogen (secondary N) is 1. The fourth-order valence-corrected chi connectivity index (χ4v) is 3.61. The van der Waals surface area contributed by atoms with Crippen LogP contribution in [0.3, 0.4) is 0 Å². The zero-order valence-electron chi connectivity index (χ0n) is 18.2. The molecule has 1 aliphatic heterocycles. The maximum Gasteiger partial charge on any atom is 0.293 e. The first-order valence-corrected chi connectivity index (χ1v) is 10.3. The van der Waals surface area contributed by atoms with Crippen molar-refractivity contribution < 1.29 is 23.6 Å². The van der Waals surface area contributed by atoms with Crippen LogP contribution in [-0.4, -0.2) is 74.2 Å². The molecule has 0 aromatic heterocycles. The van der Waals surface area contributed by atoms with E-state index in [-0.39, 0.29) is 22.9 Å². The average Bonchev–Trinajstić information content (AvgIpc) is 2.79. The van der Waals surface area contributed by atoms with E-state index in [9.17, 15) is 19.3 Å². The standard InChI is InChI=1S/C22H27FN4O5/c1-31-12-7-24-19-5-4-17(14-20(19)27(29)30)22(28)26-10-8-25(9-11-26)15-16-3-6-21(32-2)18(23)13-16/h3-6,13-14,24H,7-12,15H2,1-2H3. The fourth-order valence-electron chi connectivity index (χ4n) is 3.61. The Kier molecular flexibility index (Phi) is 7.96. The number of rotatable bonds is 9. The normalized spacial score (nSPS) is 14.3. The van der Waals surface area contributed by atoms with Gasteiger partial charge in [-0.15, -0.1) is 0 Å². The lowest BCUT2D eigenvalue weighted by molar-refractivity contribution is -0.384. The lowest BCUT2D eigenvalue weighted by atomic mass is 10.1. The van der Waals surface area contributed by atoms with Crippen molar-refractivity contribution in [1.82, 2.24) is 9.80 Å². The monoisotopic (exact) mass is 446 g/mol. The molecule has 0 aliphatic carbocycles. The van der Waals surface area contributed by atoms with Crippen LogP contribution in [-0.2, 0) is 11.3 Å². The predicted molar refractivity (Wildman–Crippen MR) is 118 cm³/mol. The first kappa shape index (κ1) is 23.4. The van der Waals surface area contributed by atoms with E-state index in [0.29, 0.717) is 51.6 Å². The van der Waals surface area contributed by atoms with Gasteiger partial charge in [-0.2, -0.15) is 0 Å². The minimum Gasteiger partial charge on any atom is -0.494 e. The predicted octanol–water partition coefficient (Wildman–Crippen LogP) is 2.76. The quantitative estimate of drug-likeness (QED) is 0.359. The number of hydrogen-bond donors (Lipinski definition) is 1. The number of ether oxygens (including phenoxy) is 2. The highest BCUT2D eigenvalue weighted by Gasteiger charge is 2.25. The highest BCUT2D eigenvalue weighted by Crippen LogP contribution is 2.26. The van der Waals surface area contributed by atoms with E-state index in [4.69, 9.17) is 9.47 Å². The molecule has 3 rings (SSSR count). The van der Waals surface area contributed by atoms with Crippen molar-refractivity contribution in [3.8, 4) is 5.75 Å². The molecule has 0 atom stereocenters. The molecule has 1 amide bonds. The van der Waals surface area contributed by atoms with Gasteiger partial charge in [-0.3, -0.25) is 19.8 Å². The molecule has 2 aromatic rings. The Morgan fingerprint density at radius 3 is 2.53 bits per heavy atom. The second-order valence-corrected chi connectivity index (χ2v) is 7.45. The van der Waals surface area contributed by atoms with Gasteiger partial charge in [-0.1, -0.05) is 6.07 Å². The highest BCUT2D eigenvalue weighted by atomic mass is 19.1. The smallest absolute Gasteiger partial charge is 0.293 e. The Labute approximate surface area is 185 Å². The van der Waals surface area contributed by atoms with Gasteiger partial charge in [0.1, 0.15) is 5.69 Å². The molecular formula is C22H27FN4O5. The third-order valence-corrected chi connectivity index (χ3v) is 5.34. The molecule has 1 N–H and O–H groups in total. The molecule has 172 valence electrons. The van der Waals surface area contributed by atoms with Crippen LogP contribution in [0, 0.1) is 15.9 Å². The third kappa shape index (κ3) is 5.71. The van der Waals surface area contributed by atoms with Gasteiger partial charge in [0.15, 0.2) is 11.6 Å². The maximum atomic E-state index is 13.9. The Balaban J connectivity index is 1.60. The number of carbonyl (C=O) groups is 1. The van der Waals surface area contributed by atoms with Crippen LogP contribution >= 0.6 is 0 Å². The van der Waals surface area contributed by atoms with Crippen LogP contribution in [0.5, 0.6) is 5.75 Å². The summed E-state index contributed by atoms with van der Waals surface area (Å²) in [5.74, 6) is -0.439. The van der Waals surface area contributed by atoms with Gasteiger partial charge in [0.2, 0.25) is 0 Å². The number of carbonyl (C=O) groups excluding carboxylic acids is 1. The summed E-state index contributed by atoms with van der Waals surface area (Å²) in [6.07, 6.45) is 0. The van der Waals surface area contributed by atoms with Gasteiger partial charge in [-0.25, -0.2) is 4.39 Å². The van der Waals surface area contributed by atoms with Crippen LogP contribution < -0.4 is 10.1 Å². The number of anilines is 1. The molecule has 0 saturated carbocycles. The second-order valence-electron chi connectivity index (χ2n) is 7.45. The summed E-state index contributed by atoms with van der Waals surface area (Å²) in [5, 5.41) is 14.4. The number of halogens is 1. The number of nitro benzene ring substituents is 1. The summed E-state index contributed by atoms with van der Waals surface area (Å²) < 4.78 is 23.8. The molecule has 9 nitrogen and oxygen atoms in total. The Morgan fingerprint density at radius 1 is 1.16 bits per heavy atom. The van der Waals surface area contributed by atoms with E-state index >= 15 is 0 Å². The van der Waals surface area contributed by atoms with Gasteiger partial charge in [0, 0.05) is 58.0 Å². The minimum absolute atomic E-state index is 0.146. The van der Waals surface area contributed by atoms with Crippen LogP contribution in [0.25, 0.3) is 0 Å². The van der Waals surface area contributed by atoms with Gasteiger partial charge in [-0.05, 0) is 29.8 Å². The average molecular weight is 446 g/mol. The van der Waals surface area contributed by atoms with E-state index in [2.05, 4.69) is 10.2 Å². The summed E-state index contributed by atoms with van der Waals surface area (Å²) in [7, 11) is 2.97. The highest BCUT2D eigenvalue weighted by molar-refractivity contribution is 5.95. The van der Waals surface area contributed by atoms with Gasteiger partial charge in [0.05, 0.1) is 18.6 Å². The van der Waals surface area contributed by atoms with Crippen LogP contribution in [0.15, 0.2) is 36.4 Å². The molecule has 0 unspecified atom stereocenters. The van der Waals surface area contributed by atoms with E-state index in [1.54, 1.807) is 30.2 Å². The number of nitrogens with zero attached hydrogens (tertiary/aromatic N) is 3. The summed E-state index contributed by atoms with van der Waals surface area (Å²) in [6.45, 7) is 3.61. The molecule has 1 saturated heterocycles. The molecule has 10 heteroatoms. The number of benzene rings is 2. The summed E-state index contributed by atoms with van der Waals surface area (Å²) in [5.41, 5.74) is 1.31. The summed E-state index contributed by atoms with van der Waals surface area (Å²) >= 11 is 0. The molecule has 0 radical (unpaired) electrons. The number of methoxy groups -OCH3 is 2. The number of amides is 1. The van der Waals surface area contributed by atoms with Crippen LogP contribution in [0.2, 0.25) is 0 Å². The van der Waals surface area contributed by atoms with Crippen molar-refractivity contribution in [1.29, 1.82) is 0 Å². The summed E-state index contributed by atoms with van der Waals surface area (Å²) in [4.78, 5) is 27.7. The first-order chi connectivity index (χ1) is 15.4. The third-order valence-electron chi connectivity index (χ3n) is 5.34. The fraction of sp³-hybridized carbons (Fsp3) is 0.409. The second kappa shape index (κ2) is 10.9. The zero-order chi connectivity index (χ0) is 23.1. The van der Waals surface area contributed by atoms with Crippen molar-refractivity contribution in [3.05, 3.63) is 63.5 Å².